The van der Waals surface area contributed by atoms with Gasteiger partial charge in [-0.2, -0.15) is 0 Å². The number of amides is 1. The molecule has 0 aromatic heterocycles. The van der Waals surface area contributed by atoms with Gasteiger partial charge in [0, 0.05) is 12.1 Å². The second kappa shape index (κ2) is 5.85. The van der Waals surface area contributed by atoms with Crippen LogP contribution in [0.25, 0.3) is 0 Å². The van der Waals surface area contributed by atoms with Gasteiger partial charge < -0.3 is 10.4 Å². The maximum absolute atomic E-state index is 12.1. The van der Waals surface area contributed by atoms with E-state index in [0.29, 0.717) is 13.0 Å². The van der Waals surface area contributed by atoms with E-state index in [-0.39, 0.29) is 18.0 Å². The zero-order chi connectivity index (χ0) is 15.6. The summed E-state index contributed by atoms with van der Waals surface area (Å²) < 4.78 is 0. The normalized spacial score (nSPS) is 18.9. The van der Waals surface area contributed by atoms with E-state index in [9.17, 15) is 14.7 Å². The Morgan fingerprint density at radius 3 is 2.48 bits per heavy atom. The smallest absolute Gasteiger partial charge is 0.321 e. The third-order valence-corrected chi connectivity index (χ3v) is 3.49. The number of aliphatic carboxylic acids is 1. The van der Waals surface area contributed by atoms with Gasteiger partial charge in [-0.15, -0.1) is 0 Å². The Morgan fingerprint density at radius 2 is 1.90 bits per heavy atom. The van der Waals surface area contributed by atoms with Gasteiger partial charge in [-0.25, -0.2) is 0 Å². The molecular weight excluding hydrogens is 268 g/mol. The minimum Gasteiger partial charge on any atom is -0.480 e. The third kappa shape index (κ3) is 4.04. The van der Waals surface area contributed by atoms with E-state index >= 15 is 0 Å². The average Bonchev–Trinajstić information content (AvgIpc) is 2.35. The number of hydrogen-bond acceptors (Lipinski definition) is 3. The van der Waals surface area contributed by atoms with Gasteiger partial charge in [0.05, 0.1) is 6.54 Å². The molecule has 1 aromatic carbocycles. The lowest BCUT2D eigenvalue weighted by atomic mass is 9.94. The molecule has 0 saturated heterocycles. The number of carbonyl (C=O) groups excluding carboxylic acids is 1. The molecular formula is C16H22N2O3. The molecule has 21 heavy (non-hydrogen) atoms. The lowest BCUT2D eigenvalue weighted by molar-refractivity contribution is -0.144. The van der Waals surface area contributed by atoms with Gasteiger partial charge in [-0.3, -0.25) is 14.5 Å². The number of carboxylic acid groups (broad SMARTS) is 1. The van der Waals surface area contributed by atoms with Crippen LogP contribution in [0.2, 0.25) is 0 Å². The molecule has 1 aliphatic heterocycles. The van der Waals surface area contributed by atoms with Crippen molar-refractivity contribution in [2.45, 2.75) is 45.3 Å². The SMILES string of the molecule is CC(C)(C)NC(=O)CN1Cc2ccccc2C[C@H]1C(=O)O. The fraction of sp³-hybridized carbons (Fsp3) is 0.500. The number of carboxylic acids is 1. The van der Waals surface area contributed by atoms with E-state index in [0.717, 1.165) is 11.1 Å². The molecule has 114 valence electrons. The standard InChI is InChI=1S/C16H22N2O3/c1-16(2,3)17-14(19)10-18-9-12-7-5-4-6-11(12)8-13(18)15(20)21/h4-7,13H,8-10H2,1-3H3,(H,17,19)(H,20,21)/t13-/m0/s1. The van der Waals surface area contributed by atoms with Crippen molar-refractivity contribution in [2.24, 2.45) is 0 Å². The quantitative estimate of drug-likeness (QED) is 0.883. The number of benzene rings is 1. The van der Waals surface area contributed by atoms with Gasteiger partial charge in [0.15, 0.2) is 0 Å². The molecule has 2 N–H and O–H groups in total. The van der Waals surface area contributed by atoms with Crippen LogP contribution < -0.4 is 5.32 Å². The molecule has 0 fully saturated rings. The summed E-state index contributed by atoms with van der Waals surface area (Å²) in [6.45, 7) is 6.31. The molecule has 1 aromatic rings. The lowest BCUT2D eigenvalue weighted by Gasteiger charge is -2.34. The molecule has 1 heterocycles. The highest BCUT2D eigenvalue weighted by molar-refractivity contribution is 5.80. The van der Waals surface area contributed by atoms with Crippen molar-refractivity contribution in [3.05, 3.63) is 35.4 Å². The Hall–Kier alpha value is -1.88. The first kappa shape index (κ1) is 15.5. The highest BCUT2D eigenvalue weighted by Crippen LogP contribution is 2.23. The Kier molecular flexibility index (Phi) is 4.32. The Labute approximate surface area is 125 Å². The van der Waals surface area contributed by atoms with Crippen LogP contribution >= 0.6 is 0 Å². The molecule has 0 bridgehead atoms. The fourth-order valence-electron chi connectivity index (χ4n) is 2.63. The molecule has 0 unspecified atom stereocenters. The van der Waals surface area contributed by atoms with Gasteiger partial charge in [0.2, 0.25) is 5.91 Å². The van der Waals surface area contributed by atoms with E-state index in [1.165, 1.54) is 0 Å². The number of nitrogens with one attached hydrogen (secondary N) is 1. The molecule has 5 heteroatoms. The van der Waals surface area contributed by atoms with Crippen molar-refractivity contribution in [1.29, 1.82) is 0 Å². The zero-order valence-electron chi connectivity index (χ0n) is 12.7. The van der Waals surface area contributed by atoms with E-state index < -0.39 is 12.0 Å². The van der Waals surface area contributed by atoms with Gasteiger partial charge in [0.1, 0.15) is 6.04 Å². The van der Waals surface area contributed by atoms with Crippen LogP contribution in [0.15, 0.2) is 24.3 Å². The summed E-state index contributed by atoms with van der Waals surface area (Å²) in [6.07, 6.45) is 0.439. The summed E-state index contributed by atoms with van der Waals surface area (Å²) >= 11 is 0. The van der Waals surface area contributed by atoms with Crippen molar-refractivity contribution in [3.8, 4) is 0 Å². The molecule has 2 rings (SSSR count). The van der Waals surface area contributed by atoms with Gasteiger partial charge >= 0.3 is 5.97 Å². The molecule has 1 aliphatic rings. The number of nitrogens with zero attached hydrogens (tertiary/aromatic N) is 1. The van der Waals surface area contributed by atoms with Crippen molar-refractivity contribution < 1.29 is 14.7 Å². The summed E-state index contributed by atoms with van der Waals surface area (Å²) in [5.74, 6) is -1.03. The first-order chi connectivity index (χ1) is 9.76. The largest absolute Gasteiger partial charge is 0.480 e. The summed E-state index contributed by atoms with van der Waals surface area (Å²) in [7, 11) is 0. The molecule has 0 radical (unpaired) electrons. The monoisotopic (exact) mass is 290 g/mol. The second-order valence-electron chi connectivity index (χ2n) is 6.53. The third-order valence-electron chi connectivity index (χ3n) is 3.49. The Balaban J connectivity index is 2.14. The number of carbonyl (C=O) groups is 2. The first-order valence-electron chi connectivity index (χ1n) is 7.11. The predicted octanol–water partition coefficient (Wildman–Crippen LogP) is 1.41. The molecule has 1 atom stereocenters. The summed E-state index contributed by atoms with van der Waals surface area (Å²) in [4.78, 5) is 25.3. The zero-order valence-corrected chi connectivity index (χ0v) is 12.7. The topological polar surface area (TPSA) is 69.6 Å². The minimum absolute atomic E-state index is 0.0998. The minimum atomic E-state index is -0.881. The highest BCUT2D eigenvalue weighted by atomic mass is 16.4. The summed E-state index contributed by atoms with van der Waals surface area (Å²) in [5, 5.41) is 12.3. The second-order valence-corrected chi connectivity index (χ2v) is 6.53. The van der Waals surface area contributed by atoms with Gasteiger partial charge in [-0.05, 0) is 38.3 Å². The number of fused-ring (bicyclic) bond motifs is 1. The molecule has 0 spiro atoms. The van der Waals surface area contributed by atoms with E-state index in [1.807, 2.05) is 45.0 Å². The van der Waals surface area contributed by atoms with Crippen LogP contribution in [0, 0.1) is 0 Å². The van der Waals surface area contributed by atoms with Gasteiger partial charge in [0.25, 0.3) is 0 Å². The van der Waals surface area contributed by atoms with Crippen LogP contribution in [0.5, 0.6) is 0 Å². The van der Waals surface area contributed by atoms with Crippen molar-refractivity contribution in [3.63, 3.8) is 0 Å². The number of hydrogen-bond donors (Lipinski definition) is 2. The molecule has 0 aliphatic carbocycles. The first-order valence-corrected chi connectivity index (χ1v) is 7.11. The van der Waals surface area contributed by atoms with E-state index in [4.69, 9.17) is 0 Å². The Bertz CT molecular complexity index is 549. The van der Waals surface area contributed by atoms with Crippen LogP contribution in [-0.2, 0) is 22.6 Å². The van der Waals surface area contributed by atoms with Crippen LogP contribution in [0.4, 0.5) is 0 Å². The van der Waals surface area contributed by atoms with Gasteiger partial charge in [-0.1, -0.05) is 24.3 Å². The summed E-state index contributed by atoms with van der Waals surface area (Å²) in [5.41, 5.74) is 1.83. The average molecular weight is 290 g/mol. The van der Waals surface area contributed by atoms with E-state index in [2.05, 4.69) is 5.32 Å². The number of rotatable bonds is 3. The molecule has 0 saturated carbocycles. The predicted molar refractivity (Wildman–Crippen MR) is 79.9 cm³/mol. The maximum atomic E-state index is 12.1. The van der Waals surface area contributed by atoms with Crippen LogP contribution in [-0.4, -0.2) is 40.0 Å². The lowest BCUT2D eigenvalue weighted by Crippen LogP contribution is -2.52. The maximum Gasteiger partial charge on any atom is 0.321 e. The summed E-state index contributed by atoms with van der Waals surface area (Å²) in [6, 6.07) is 7.15. The molecule has 1 amide bonds. The van der Waals surface area contributed by atoms with Crippen LogP contribution in [0.1, 0.15) is 31.9 Å². The fourth-order valence-corrected chi connectivity index (χ4v) is 2.63. The van der Waals surface area contributed by atoms with Crippen molar-refractivity contribution in [2.75, 3.05) is 6.54 Å². The molecule has 5 nitrogen and oxygen atoms in total. The highest BCUT2D eigenvalue weighted by Gasteiger charge is 2.32. The van der Waals surface area contributed by atoms with Crippen LogP contribution in [0.3, 0.4) is 0 Å². The Morgan fingerprint density at radius 1 is 1.29 bits per heavy atom. The van der Waals surface area contributed by atoms with Crippen molar-refractivity contribution >= 4 is 11.9 Å². The van der Waals surface area contributed by atoms with E-state index in [1.54, 1.807) is 4.90 Å². The van der Waals surface area contributed by atoms with Crippen molar-refractivity contribution in [1.82, 2.24) is 10.2 Å².